The zero-order valence-corrected chi connectivity index (χ0v) is 4.61. The van der Waals surface area contributed by atoms with Crippen LogP contribution < -0.4 is 0 Å². The van der Waals surface area contributed by atoms with E-state index in [1.165, 1.54) is 6.16 Å². The van der Waals surface area contributed by atoms with Crippen LogP contribution >= 0.6 is 8.58 Å². The first-order valence-corrected chi connectivity index (χ1v) is 3.41. The molecule has 0 spiro atoms. The predicted molar refractivity (Wildman–Crippen MR) is 28.3 cm³/mol. The Kier molecular flexibility index (Phi) is 1.93. The Labute approximate surface area is 39.9 Å². The molecule has 1 saturated heterocycles. The Morgan fingerprint density at radius 2 is 2.67 bits per heavy atom. The van der Waals surface area contributed by atoms with Crippen LogP contribution in [0.2, 0.25) is 0 Å². The maximum absolute atomic E-state index is 5.02. The molecule has 2 heteroatoms. The van der Waals surface area contributed by atoms with Crippen LogP contribution in [0.4, 0.5) is 0 Å². The normalized spacial score (nSPS) is 24.0. The van der Waals surface area contributed by atoms with Crippen LogP contribution in [-0.4, -0.2) is 19.4 Å². The lowest BCUT2D eigenvalue weighted by Crippen LogP contribution is -2.02. The molecule has 0 aromatic heterocycles. The van der Waals surface area contributed by atoms with Crippen LogP contribution in [0.15, 0.2) is 0 Å². The second-order valence-electron chi connectivity index (χ2n) is 1.23. The first-order chi connectivity index (χ1) is 3.00. The van der Waals surface area contributed by atoms with Crippen molar-refractivity contribution in [1.82, 2.24) is 0 Å². The number of hydrogen-bond acceptors (Lipinski definition) is 1. The van der Waals surface area contributed by atoms with E-state index in [1.807, 2.05) is 0 Å². The Morgan fingerprint density at radius 3 is 2.83 bits per heavy atom. The van der Waals surface area contributed by atoms with E-state index < -0.39 is 0 Å². The van der Waals surface area contributed by atoms with Crippen LogP contribution in [0.1, 0.15) is 0 Å². The molecule has 0 aromatic rings. The minimum atomic E-state index is 0.887. The quantitative estimate of drug-likeness (QED) is 0.413. The summed E-state index contributed by atoms with van der Waals surface area (Å²) in [6, 6.07) is 0. The highest BCUT2D eigenvalue weighted by molar-refractivity contribution is 7.40. The van der Waals surface area contributed by atoms with Crippen molar-refractivity contribution >= 4 is 8.58 Å². The van der Waals surface area contributed by atoms with E-state index in [-0.39, 0.29) is 0 Å². The topological polar surface area (TPSA) is 9.23 Å². The summed E-state index contributed by atoms with van der Waals surface area (Å²) in [6.07, 6.45) is 3.45. The summed E-state index contributed by atoms with van der Waals surface area (Å²) in [7, 11) is 1.05. The smallest absolute Gasteiger partial charge is 0.0538 e. The highest BCUT2D eigenvalue weighted by Crippen LogP contribution is 2.17. The fourth-order valence-electron chi connectivity index (χ4n) is 0.434. The molecule has 1 rings (SSSR count). The third-order valence-corrected chi connectivity index (χ3v) is 1.68. The Balaban J connectivity index is 2.00. The van der Waals surface area contributed by atoms with E-state index in [0.717, 1.165) is 21.8 Å². The zero-order chi connectivity index (χ0) is 4.24. The molecule has 0 bridgehead atoms. The van der Waals surface area contributed by atoms with Crippen LogP contribution in [0.5, 0.6) is 0 Å². The molecule has 1 aliphatic rings. The number of rotatable bonds is 0. The molecule has 0 N–H and O–H groups in total. The molecular formula is C4H8OP. The molecule has 1 heterocycles. The Hall–Kier alpha value is 0.390. The minimum Gasteiger partial charge on any atom is -0.380 e. The van der Waals surface area contributed by atoms with Gasteiger partial charge in [0.1, 0.15) is 0 Å². The Morgan fingerprint density at radius 1 is 1.67 bits per heavy atom. The van der Waals surface area contributed by atoms with Gasteiger partial charge in [-0.1, -0.05) is 0 Å². The minimum absolute atomic E-state index is 0.887. The van der Waals surface area contributed by atoms with Gasteiger partial charge in [0.2, 0.25) is 0 Å². The molecule has 1 unspecified atom stereocenters. The molecule has 1 radical (unpaired) electrons. The fraction of sp³-hybridized carbons (Fsp3) is 0.750. The molecule has 1 atom stereocenters. The largest absolute Gasteiger partial charge is 0.380 e. The van der Waals surface area contributed by atoms with E-state index in [1.54, 1.807) is 0 Å². The molecule has 1 nitrogen and oxygen atoms in total. The van der Waals surface area contributed by atoms with Crippen molar-refractivity contribution in [3.63, 3.8) is 0 Å². The number of ether oxygens (including phenoxy) is 1. The van der Waals surface area contributed by atoms with Gasteiger partial charge in [-0.25, -0.2) is 0 Å². The summed E-state index contributed by atoms with van der Waals surface area (Å²) in [5.74, 6) is 0. The first-order valence-electron chi connectivity index (χ1n) is 2.13. The number of hydrogen-bond donors (Lipinski definition) is 0. The third kappa shape index (κ3) is 1.24. The van der Waals surface area contributed by atoms with Gasteiger partial charge < -0.3 is 4.74 Å². The molecular weight excluding hydrogens is 95.0 g/mol. The van der Waals surface area contributed by atoms with Gasteiger partial charge in [0.05, 0.1) is 13.2 Å². The van der Waals surface area contributed by atoms with Crippen molar-refractivity contribution < 1.29 is 4.74 Å². The van der Waals surface area contributed by atoms with Gasteiger partial charge in [-0.05, 0) is 6.16 Å². The van der Waals surface area contributed by atoms with Crippen molar-refractivity contribution in [3.05, 3.63) is 6.16 Å². The monoisotopic (exact) mass is 103 g/mol. The highest BCUT2D eigenvalue weighted by Gasteiger charge is 1.95. The first kappa shape index (κ1) is 4.55. The lowest BCUT2D eigenvalue weighted by Gasteiger charge is -2.07. The van der Waals surface area contributed by atoms with Gasteiger partial charge >= 0.3 is 0 Å². The standard InChI is InChI=1S/C4H8OP/c1-3-6-4-2-5-1/h3,6H,1-2,4H2. The van der Waals surface area contributed by atoms with E-state index in [4.69, 9.17) is 4.74 Å². The molecule has 0 amide bonds. The summed E-state index contributed by atoms with van der Waals surface area (Å²) < 4.78 is 5.02. The lowest BCUT2D eigenvalue weighted by atomic mass is 10.8. The van der Waals surface area contributed by atoms with Crippen molar-refractivity contribution in [3.8, 4) is 0 Å². The van der Waals surface area contributed by atoms with E-state index in [9.17, 15) is 0 Å². The van der Waals surface area contributed by atoms with Crippen molar-refractivity contribution in [1.29, 1.82) is 0 Å². The molecule has 6 heavy (non-hydrogen) atoms. The SMILES string of the molecule is [CH]1COCCP1. The van der Waals surface area contributed by atoms with Crippen LogP contribution in [-0.2, 0) is 4.74 Å². The van der Waals surface area contributed by atoms with E-state index in [2.05, 4.69) is 6.16 Å². The summed E-state index contributed by atoms with van der Waals surface area (Å²) >= 11 is 0. The van der Waals surface area contributed by atoms with Gasteiger partial charge in [-0.3, -0.25) is 0 Å². The summed E-state index contributed by atoms with van der Waals surface area (Å²) in [5, 5.41) is 0. The zero-order valence-electron chi connectivity index (χ0n) is 3.61. The van der Waals surface area contributed by atoms with Gasteiger partial charge in [-0.15, -0.1) is 8.58 Å². The maximum atomic E-state index is 5.02. The predicted octanol–water partition coefficient (Wildman–Crippen LogP) is 0.857. The fourth-order valence-corrected chi connectivity index (χ4v) is 1.14. The maximum Gasteiger partial charge on any atom is 0.0538 e. The molecule has 35 valence electrons. The van der Waals surface area contributed by atoms with Crippen LogP contribution in [0.3, 0.4) is 0 Å². The van der Waals surface area contributed by atoms with Gasteiger partial charge in [0.15, 0.2) is 0 Å². The molecule has 1 fully saturated rings. The average molecular weight is 103 g/mol. The average Bonchev–Trinajstić information content (AvgIpc) is 1.72. The van der Waals surface area contributed by atoms with Crippen molar-refractivity contribution in [2.24, 2.45) is 0 Å². The summed E-state index contributed by atoms with van der Waals surface area (Å²) in [6.45, 7) is 1.87. The third-order valence-electron chi connectivity index (χ3n) is 0.736. The molecule has 0 saturated carbocycles. The van der Waals surface area contributed by atoms with Gasteiger partial charge in [0, 0.05) is 6.16 Å². The second-order valence-corrected chi connectivity index (χ2v) is 2.55. The van der Waals surface area contributed by atoms with E-state index >= 15 is 0 Å². The lowest BCUT2D eigenvalue weighted by molar-refractivity contribution is 0.170. The Bertz CT molecular complexity index is 23.0. The molecule has 0 aliphatic carbocycles. The van der Waals surface area contributed by atoms with E-state index in [0.29, 0.717) is 0 Å². The van der Waals surface area contributed by atoms with Crippen LogP contribution in [0.25, 0.3) is 0 Å². The van der Waals surface area contributed by atoms with Gasteiger partial charge in [0.25, 0.3) is 0 Å². The highest BCUT2D eigenvalue weighted by atomic mass is 31.1. The molecule has 0 aromatic carbocycles. The molecule has 1 aliphatic heterocycles. The van der Waals surface area contributed by atoms with Crippen molar-refractivity contribution in [2.75, 3.05) is 19.4 Å². The van der Waals surface area contributed by atoms with Gasteiger partial charge in [-0.2, -0.15) is 0 Å². The van der Waals surface area contributed by atoms with Crippen molar-refractivity contribution in [2.45, 2.75) is 0 Å². The second kappa shape index (κ2) is 2.54. The summed E-state index contributed by atoms with van der Waals surface area (Å²) in [4.78, 5) is 0. The van der Waals surface area contributed by atoms with Crippen LogP contribution in [0, 0.1) is 6.16 Å². The summed E-state index contributed by atoms with van der Waals surface area (Å²) in [5.41, 5.74) is 0.